The van der Waals surface area contributed by atoms with E-state index in [1.165, 1.54) is 19.1 Å². The largest absolute Gasteiger partial charge is 0.352 e. The molecule has 9 nitrogen and oxygen atoms in total. The summed E-state index contributed by atoms with van der Waals surface area (Å²) < 4.78 is 13.2. The number of hydrogen-bond acceptors (Lipinski definition) is 8. The lowest BCUT2D eigenvalue weighted by atomic mass is 10.1. The van der Waals surface area contributed by atoms with E-state index < -0.39 is 0 Å². The molecule has 0 aliphatic carbocycles. The van der Waals surface area contributed by atoms with Gasteiger partial charge in [-0.2, -0.15) is 9.97 Å². The first-order valence-electron chi connectivity index (χ1n) is 9.92. The van der Waals surface area contributed by atoms with E-state index in [-0.39, 0.29) is 23.8 Å². The van der Waals surface area contributed by atoms with Crippen LogP contribution in [0.2, 0.25) is 0 Å². The summed E-state index contributed by atoms with van der Waals surface area (Å²) >= 11 is 0. The number of carbonyl (C=O) groups is 1. The van der Waals surface area contributed by atoms with E-state index in [4.69, 9.17) is 0 Å². The van der Waals surface area contributed by atoms with Crippen LogP contribution in [0.15, 0.2) is 48.9 Å². The molecule has 1 atom stereocenters. The predicted molar refractivity (Wildman–Crippen MR) is 116 cm³/mol. The number of amides is 1. The Morgan fingerprint density at radius 1 is 1.16 bits per heavy atom. The van der Waals surface area contributed by atoms with Crippen molar-refractivity contribution in [2.24, 2.45) is 0 Å². The van der Waals surface area contributed by atoms with Gasteiger partial charge in [-0.25, -0.2) is 9.37 Å². The fourth-order valence-electron chi connectivity index (χ4n) is 3.29. The topological polar surface area (TPSA) is 108 Å². The summed E-state index contributed by atoms with van der Waals surface area (Å²) in [4.78, 5) is 30.8. The molecule has 1 amide bonds. The van der Waals surface area contributed by atoms with Gasteiger partial charge in [0.25, 0.3) is 0 Å². The molecule has 0 bridgehead atoms. The Balaban J connectivity index is 1.55. The van der Waals surface area contributed by atoms with Crippen LogP contribution in [0.5, 0.6) is 0 Å². The second kappa shape index (κ2) is 8.90. The van der Waals surface area contributed by atoms with Crippen LogP contribution in [0.3, 0.4) is 0 Å². The third kappa shape index (κ3) is 5.21. The van der Waals surface area contributed by atoms with E-state index >= 15 is 0 Å². The molecule has 2 aromatic heterocycles. The van der Waals surface area contributed by atoms with Crippen LogP contribution in [-0.4, -0.2) is 45.0 Å². The van der Waals surface area contributed by atoms with Gasteiger partial charge in [-0.05, 0) is 24.6 Å². The number of rotatable bonds is 7. The zero-order chi connectivity index (χ0) is 21.8. The molecule has 0 spiro atoms. The summed E-state index contributed by atoms with van der Waals surface area (Å²) in [7, 11) is 0. The van der Waals surface area contributed by atoms with Gasteiger partial charge in [-0.15, -0.1) is 0 Å². The first-order valence-corrected chi connectivity index (χ1v) is 9.92. The number of halogens is 1. The van der Waals surface area contributed by atoms with Crippen molar-refractivity contribution in [3.63, 3.8) is 0 Å². The normalized spacial score (nSPS) is 14.5. The van der Waals surface area contributed by atoms with Crippen LogP contribution in [0.4, 0.5) is 27.8 Å². The van der Waals surface area contributed by atoms with Gasteiger partial charge >= 0.3 is 0 Å². The molecule has 4 rings (SSSR count). The minimum absolute atomic E-state index is 0.0483. The molecule has 1 saturated heterocycles. The molecule has 3 aromatic rings. The van der Waals surface area contributed by atoms with Crippen molar-refractivity contribution in [3.05, 3.63) is 60.3 Å². The molecule has 0 unspecified atom stereocenters. The summed E-state index contributed by atoms with van der Waals surface area (Å²) in [5.74, 6) is 1.93. The van der Waals surface area contributed by atoms with Gasteiger partial charge in [-0.3, -0.25) is 9.78 Å². The molecule has 1 aliphatic heterocycles. The zero-order valence-corrected chi connectivity index (χ0v) is 17.2. The fourth-order valence-corrected chi connectivity index (χ4v) is 3.29. The molecule has 3 heterocycles. The first kappa shape index (κ1) is 20.5. The number of aromatic nitrogens is 4. The summed E-state index contributed by atoms with van der Waals surface area (Å²) in [5.41, 5.74) is 0.911. The maximum Gasteiger partial charge on any atom is 0.227 e. The highest BCUT2D eigenvalue weighted by atomic mass is 19.1. The Kier molecular flexibility index (Phi) is 5.87. The van der Waals surface area contributed by atoms with Crippen LogP contribution < -0.4 is 20.9 Å². The monoisotopic (exact) mass is 422 g/mol. The molecule has 31 heavy (non-hydrogen) atoms. The van der Waals surface area contributed by atoms with E-state index in [1.807, 2.05) is 13.0 Å². The molecule has 160 valence electrons. The molecule has 10 heteroatoms. The summed E-state index contributed by atoms with van der Waals surface area (Å²) in [6, 6.07) is 8.09. The second-order valence-corrected chi connectivity index (χ2v) is 7.37. The number of carbonyl (C=O) groups excluding carboxylic acids is 1. The Hall–Kier alpha value is -3.82. The highest BCUT2D eigenvalue weighted by Crippen LogP contribution is 2.26. The minimum atomic E-state index is -0.281. The quantitative estimate of drug-likeness (QED) is 0.533. The average Bonchev–Trinajstić information content (AvgIpc) is 2.71. The van der Waals surface area contributed by atoms with Gasteiger partial charge in [0, 0.05) is 38.5 Å². The number of nitrogens with one attached hydrogen (secondary N) is 3. The fraction of sp³-hybridized carbons (Fsp3) is 0.286. The molecule has 3 N–H and O–H groups in total. The Morgan fingerprint density at radius 3 is 2.61 bits per heavy atom. The van der Waals surface area contributed by atoms with Gasteiger partial charge in [0.1, 0.15) is 23.3 Å². The zero-order valence-electron chi connectivity index (χ0n) is 17.2. The Morgan fingerprint density at radius 2 is 1.94 bits per heavy atom. The molecule has 1 fully saturated rings. The summed E-state index contributed by atoms with van der Waals surface area (Å²) in [5, 5.41) is 9.32. The lowest BCUT2D eigenvalue weighted by Crippen LogP contribution is -2.59. The third-order valence-corrected chi connectivity index (χ3v) is 4.86. The molecular formula is C21H23FN8O. The van der Waals surface area contributed by atoms with Crippen molar-refractivity contribution in [1.29, 1.82) is 0 Å². The molecule has 0 radical (unpaired) electrons. The van der Waals surface area contributed by atoms with Crippen LogP contribution >= 0.6 is 0 Å². The lowest BCUT2D eigenvalue weighted by Gasteiger charge is -2.40. The maximum atomic E-state index is 13.2. The van der Waals surface area contributed by atoms with Gasteiger partial charge < -0.3 is 20.9 Å². The molecule has 0 saturated carbocycles. The van der Waals surface area contributed by atoms with Gasteiger partial charge in [0.2, 0.25) is 11.9 Å². The number of anilines is 4. The average molecular weight is 422 g/mol. The molecular weight excluding hydrogens is 399 g/mol. The highest BCUT2D eigenvalue weighted by Gasteiger charge is 2.29. The van der Waals surface area contributed by atoms with E-state index in [9.17, 15) is 9.18 Å². The van der Waals surface area contributed by atoms with E-state index in [0.717, 1.165) is 11.4 Å². The van der Waals surface area contributed by atoms with Crippen molar-refractivity contribution in [2.75, 3.05) is 28.6 Å². The molecule has 1 aliphatic rings. The lowest BCUT2D eigenvalue weighted by molar-refractivity contribution is -0.119. The number of hydrogen-bond donors (Lipinski definition) is 3. The van der Waals surface area contributed by atoms with Crippen molar-refractivity contribution in [2.45, 2.75) is 25.9 Å². The Bertz CT molecular complexity index is 1040. The highest BCUT2D eigenvalue weighted by molar-refractivity contribution is 5.74. The smallest absolute Gasteiger partial charge is 0.227 e. The summed E-state index contributed by atoms with van der Waals surface area (Å²) in [6.07, 6.45) is 4.79. The summed E-state index contributed by atoms with van der Waals surface area (Å²) in [6.45, 7) is 4.78. The van der Waals surface area contributed by atoms with Gasteiger partial charge in [0.05, 0.1) is 18.3 Å². The Labute approximate surface area is 179 Å². The molecule has 1 aromatic carbocycles. The third-order valence-electron chi connectivity index (χ3n) is 4.86. The van der Waals surface area contributed by atoms with Crippen LogP contribution in [0.25, 0.3) is 0 Å². The van der Waals surface area contributed by atoms with Crippen molar-refractivity contribution in [3.8, 4) is 0 Å². The van der Waals surface area contributed by atoms with Crippen LogP contribution in [0, 0.1) is 5.82 Å². The first-order chi connectivity index (χ1) is 15.0. The SMILES string of the molecule is CC(=O)NC1CN(c2cc(Nc3cnccn3)nc(N[C@@H](C)c3ccc(F)cc3)n2)C1. The van der Waals surface area contributed by atoms with Gasteiger partial charge in [-0.1, -0.05) is 12.1 Å². The number of benzene rings is 1. The van der Waals surface area contributed by atoms with Gasteiger partial charge in [0.15, 0.2) is 0 Å². The second-order valence-electron chi connectivity index (χ2n) is 7.37. The van der Waals surface area contributed by atoms with E-state index in [2.05, 4.69) is 40.8 Å². The minimum Gasteiger partial charge on any atom is -0.352 e. The maximum absolute atomic E-state index is 13.2. The van der Waals surface area contributed by atoms with E-state index in [0.29, 0.717) is 30.7 Å². The van der Waals surface area contributed by atoms with Crippen LogP contribution in [0.1, 0.15) is 25.5 Å². The van der Waals surface area contributed by atoms with E-state index in [1.54, 1.807) is 30.7 Å². The van der Waals surface area contributed by atoms with Crippen molar-refractivity contribution < 1.29 is 9.18 Å². The van der Waals surface area contributed by atoms with Crippen molar-refractivity contribution >= 4 is 29.3 Å². The predicted octanol–water partition coefficient (Wildman–Crippen LogP) is 2.65. The number of nitrogens with zero attached hydrogens (tertiary/aromatic N) is 5. The van der Waals surface area contributed by atoms with Crippen molar-refractivity contribution in [1.82, 2.24) is 25.3 Å². The standard InChI is InChI=1S/C21H23FN8O/c1-13(15-3-5-16(22)6-4-15)25-21-28-18(27-19-10-23-7-8-24-19)9-20(29-21)30-11-17(12-30)26-14(2)31/h3-10,13,17H,11-12H2,1-2H3,(H,26,31)(H2,24,25,27,28,29)/t13-/m0/s1. The van der Waals surface area contributed by atoms with Crippen LogP contribution in [-0.2, 0) is 4.79 Å².